The smallest absolute Gasteiger partial charge is 0.323 e. The van der Waals surface area contributed by atoms with Crippen LogP contribution in [0.4, 0.5) is 5.69 Å². The zero-order valence-corrected chi connectivity index (χ0v) is 9.14. The molecule has 0 bridgehead atoms. The van der Waals surface area contributed by atoms with Crippen LogP contribution in [0.15, 0.2) is 23.0 Å². The molecule has 1 aromatic heterocycles. The molecule has 80 valence electrons. The molecular formula is C10H12ClN3O. The fourth-order valence-corrected chi connectivity index (χ4v) is 1.77. The fraction of sp³-hybridized carbons (Fsp3) is 0.300. The van der Waals surface area contributed by atoms with Crippen molar-refractivity contribution >= 4 is 28.3 Å². The predicted octanol–water partition coefficient (Wildman–Crippen LogP) is 1.53. The van der Waals surface area contributed by atoms with Gasteiger partial charge in [-0.1, -0.05) is 0 Å². The molecule has 5 heteroatoms. The molecule has 0 fully saturated rings. The van der Waals surface area contributed by atoms with Gasteiger partial charge in [-0.25, -0.2) is 4.79 Å². The quantitative estimate of drug-likeness (QED) is 0.779. The van der Waals surface area contributed by atoms with Gasteiger partial charge in [0.1, 0.15) is 0 Å². The van der Waals surface area contributed by atoms with Gasteiger partial charge in [0, 0.05) is 25.2 Å². The Kier molecular flexibility index (Phi) is 2.68. The number of imidazole rings is 1. The summed E-state index contributed by atoms with van der Waals surface area (Å²) in [5, 5.41) is 0. The number of rotatable bonds is 3. The molecule has 0 atom stereocenters. The Labute approximate surface area is 91.9 Å². The lowest BCUT2D eigenvalue weighted by atomic mass is 10.2. The highest BCUT2D eigenvalue weighted by molar-refractivity contribution is 6.18. The van der Waals surface area contributed by atoms with Crippen LogP contribution in [0.1, 0.15) is 0 Å². The average Bonchev–Trinajstić information content (AvgIpc) is 2.57. The summed E-state index contributed by atoms with van der Waals surface area (Å²) in [6, 6.07) is 5.77. The molecule has 2 rings (SSSR count). The number of H-pyrrole nitrogens is 2. The minimum Gasteiger partial charge on any atom is -0.373 e. The van der Waals surface area contributed by atoms with Crippen molar-refractivity contribution in [3.8, 4) is 0 Å². The number of hydrogen-bond acceptors (Lipinski definition) is 2. The minimum absolute atomic E-state index is 0.179. The molecule has 0 saturated heterocycles. The summed E-state index contributed by atoms with van der Waals surface area (Å²) in [5.74, 6) is 0.582. The van der Waals surface area contributed by atoms with E-state index < -0.39 is 0 Å². The van der Waals surface area contributed by atoms with E-state index in [0.717, 1.165) is 23.3 Å². The van der Waals surface area contributed by atoms with Crippen molar-refractivity contribution in [3.63, 3.8) is 0 Å². The maximum atomic E-state index is 11.0. The fourth-order valence-electron chi connectivity index (χ4n) is 1.51. The van der Waals surface area contributed by atoms with Crippen LogP contribution >= 0.6 is 11.6 Å². The summed E-state index contributed by atoms with van der Waals surface area (Å²) in [6.07, 6.45) is 0. The molecule has 2 aromatic rings. The van der Waals surface area contributed by atoms with E-state index in [4.69, 9.17) is 11.6 Å². The number of alkyl halides is 1. The normalized spacial score (nSPS) is 10.8. The molecule has 0 aliphatic rings. The van der Waals surface area contributed by atoms with Crippen LogP contribution in [0.5, 0.6) is 0 Å². The monoisotopic (exact) mass is 225 g/mol. The number of aromatic amines is 2. The van der Waals surface area contributed by atoms with Crippen molar-refractivity contribution in [1.82, 2.24) is 9.97 Å². The van der Waals surface area contributed by atoms with Crippen LogP contribution in [-0.4, -0.2) is 29.4 Å². The number of halogens is 1. The van der Waals surface area contributed by atoms with E-state index in [-0.39, 0.29) is 5.69 Å². The lowest BCUT2D eigenvalue weighted by Gasteiger charge is -2.17. The first-order valence-corrected chi connectivity index (χ1v) is 5.23. The zero-order chi connectivity index (χ0) is 10.8. The van der Waals surface area contributed by atoms with Crippen molar-refractivity contribution in [3.05, 3.63) is 28.7 Å². The maximum absolute atomic E-state index is 11.0. The molecule has 1 aromatic carbocycles. The van der Waals surface area contributed by atoms with Gasteiger partial charge < -0.3 is 14.9 Å². The molecular weight excluding hydrogens is 214 g/mol. The average molecular weight is 226 g/mol. The third-order valence-electron chi connectivity index (χ3n) is 2.36. The second kappa shape index (κ2) is 3.98. The summed E-state index contributed by atoms with van der Waals surface area (Å²) in [7, 11) is 1.97. The Balaban J connectivity index is 2.41. The lowest BCUT2D eigenvalue weighted by molar-refractivity contribution is 0.975. The van der Waals surface area contributed by atoms with Gasteiger partial charge in [-0.15, -0.1) is 11.6 Å². The Morgan fingerprint density at radius 2 is 2.07 bits per heavy atom. The van der Waals surface area contributed by atoms with Crippen LogP contribution < -0.4 is 10.6 Å². The van der Waals surface area contributed by atoms with E-state index >= 15 is 0 Å². The SMILES string of the molecule is CN(CCCl)c1ccc2[nH]c(=O)[nH]c2c1. The van der Waals surface area contributed by atoms with E-state index in [1.165, 1.54) is 0 Å². The number of nitrogens with one attached hydrogen (secondary N) is 2. The predicted molar refractivity (Wildman–Crippen MR) is 62.9 cm³/mol. The van der Waals surface area contributed by atoms with Crippen molar-refractivity contribution in [2.45, 2.75) is 0 Å². The Morgan fingerprint density at radius 3 is 2.80 bits per heavy atom. The Hall–Kier alpha value is -1.42. The van der Waals surface area contributed by atoms with Crippen LogP contribution in [0.3, 0.4) is 0 Å². The van der Waals surface area contributed by atoms with E-state index in [0.29, 0.717) is 5.88 Å². The molecule has 0 radical (unpaired) electrons. The van der Waals surface area contributed by atoms with E-state index in [1.54, 1.807) is 0 Å². The highest BCUT2D eigenvalue weighted by Gasteiger charge is 2.03. The standard InChI is InChI=1S/C10H12ClN3O/c1-14(5-4-11)7-2-3-8-9(6-7)13-10(15)12-8/h2-3,6H,4-5H2,1H3,(H2,12,13,15). The van der Waals surface area contributed by atoms with Crippen molar-refractivity contribution in [2.24, 2.45) is 0 Å². The molecule has 0 aliphatic heterocycles. The molecule has 0 unspecified atom stereocenters. The maximum Gasteiger partial charge on any atom is 0.323 e. The first kappa shape index (κ1) is 10.1. The van der Waals surface area contributed by atoms with Crippen LogP contribution in [0, 0.1) is 0 Å². The largest absolute Gasteiger partial charge is 0.373 e. The number of nitrogens with zero attached hydrogens (tertiary/aromatic N) is 1. The van der Waals surface area contributed by atoms with Crippen molar-refractivity contribution in [2.75, 3.05) is 24.4 Å². The van der Waals surface area contributed by atoms with Crippen molar-refractivity contribution in [1.29, 1.82) is 0 Å². The second-order valence-electron chi connectivity index (χ2n) is 3.42. The van der Waals surface area contributed by atoms with Gasteiger partial charge in [0.2, 0.25) is 0 Å². The number of aromatic nitrogens is 2. The molecule has 15 heavy (non-hydrogen) atoms. The van der Waals surface area contributed by atoms with Gasteiger partial charge in [0.15, 0.2) is 0 Å². The topological polar surface area (TPSA) is 51.9 Å². The summed E-state index contributed by atoms with van der Waals surface area (Å²) < 4.78 is 0. The van der Waals surface area contributed by atoms with Gasteiger partial charge in [0.25, 0.3) is 0 Å². The summed E-state index contributed by atoms with van der Waals surface area (Å²) in [6.45, 7) is 0.779. The third-order valence-corrected chi connectivity index (χ3v) is 2.53. The summed E-state index contributed by atoms with van der Waals surface area (Å²) in [5.41, 5.74) is 2.50. The molecule has 0 aliphatic carbocycles. The van der Waals surface area contributed by atoms with E-state index in [1.807, 2.05) is 30.1 Å². The van der Waals surface area contributed by atoms with Gasteiger partial charge in [-0.05, 0) is 18.2 Å². The molecule has 1 heterocycles. The zero-order valence-electron chi connectivity index (χ0n) is 8.38. The van der Waals surface area contributed by atoms with Gasteiger partial charge in [0.05, 0.1) is 11.0 Å². The van der Waals surface area contributed by atoms with E-state index in [9.17, 15) is 4.79 Å². The molecule has 2 N–H and O–H groups in total. The molecule has 0 amide bonds. The van der Waals surface area contributed by atoms with Gasteiger partial charge >= 0.3 is 5.69 Å². The highest BCUT2D eigenvalue weighted by Crippen LogP contribution is 2.17. The Bertz CT molecular complexity index is 517. The third kappa shape index (κ3) is 1.99. The molecule has 0 saturated carbocycles. The van der Waals surface area contributed by atoms with Crippen LogP contribution in [0.2, 0.25) is 0 Å². The van der Waals surface area contributed by atoms with E-state index in [2.05, 4.69) is 9.97 Å². The highest BCUT2D eigenvalue weighted by atomic mass is 35.5. The summed E-state index contributed by atoms with van der Waals surface area (Å²) >= 11 is 5.66. The number of benzene rings is 1. The number of anilines is 1. The number of hydrogen-bond donors (Lipinski definition) is 2. The minimum atomic E-state index is -0.179. The molecule has 4 nitrogen and oxygen atoms in total. The number of fused-ring (bicyclic) bond motifs is 1. The Morgan fingerprint density at radius 1 is 1.33 bits per heavy atom. The lowest BCUT2D eigenvalue weighted by Crippen LogP contribution is -2.19. The van der Waals surface area contributed by atoms with Crippen LogP contribution in [0.25, 0.3) is 11.0 Å². The van der Waals surface area contributed by atoms with Gasteiger partial charge in [-0.3, -0.25) is 0 Å². The second-order valence-corrected chi connectivity index (χ2v) is 3.80. The first-order chi connectivity index (χ1) is 7.20. The first-order valence-electron chi connectivity index (χ1n) is 4.70. The molecule has 0 spiro atoms. The van der Waals surface area contributed by atoms with Crippen LogP contribution in [-0.2, 0) is 0 Å². The summed E-state index contributed by atoms with van der Waals surface area (Å²) in [4.78, 5) is 18.5. The van der Waals surface area contributed by atoms with Gasteiger partial charge in [-0.2, -0.15) is 0 Å². The van der Waals surface area contributed by atoms with Crippen molar-refractivity contribution < 1.29 is 0 Å².